The molecule has 1 aliphatic carbocycles. The molecule has 1 rings (SSSR count). The second-order valence-electron chi connectivity index (χ2n) is 3.47. The number of nitrogens with two attached hydrogens (primary N) is 1. The largest absolute Gasteiger partial charge is 0.369 e. The molecular weight excluding hydrogens is 166 g/mol. The normalized spacial score (nSPS) is 27.9. The van der Waals surface area contributed by atoms with Gasteiger partial charge in [-0.1, -0.05) is 12.8 Å². The van der Waals surface area contributed by atoms with Crippen LogP contribution in [0, 0.1) is 17.2 Å². The highest BCUT2D eigenvalue weighted by Crippen LogP contribution is 2.23. The zero-order valence-electron chi connectivity index (χ0n) is 7.62. The Kier molecular flexibility index (Phi) is 3.71. The van der Waals surface area contributed by atoms with Gasteiger partial charge in [-0.2, -0.15) is 5.26 Å². The Labute approximate surface area is 78.1 Å². The number of nitriles is 1. The lowest BCUT2D eigenvalue weighted by Gasteiger charge is -2.27. The molecule has 4 heteroatoms. The Bertz CT molecular complexity index is 221. The molecule has 0 heterocycles. The summed E-state index contributed by atoms with van der Waals surface area (Å²) in [7, 11) is 0. The van der Waals surface area contributed by atoms with Crippen LogP contribution >= 0.6 is 0 Å². The lowest BCUT2D eigenvalue weighted by molar-refractivity contribution is -0.117. The average Bonchev–Trinajstić information content (AvgIpc) is 2.15. The van der Waals surface area contributed by atoms with Crippen molar-refractivity contribution < 1.29 is 4.79 Å². The van der Waals surface area contributed by atoms with Crippen molar-refractivity contribution in [2.24, 2.45) is 11.7 Å². The minimum Gasteiger partial charge on any atom is -0.369 e. The van der Waals surface area contributed by atoms with Crippen LogP contribution in [-0.4, -0.2) is 18.5 Å². The molecule has 0 aromatic rings. The van der Waals surface area contributed by atoms with Crippen LogP contribution < -0.4 is 11.1 Å². The molecule has 3 N–H and O–H groups in total. The molecule has 0 bridgehead atoms. The molecule has 72 valence electrons. The maximum Gasteiger partial charge on any atom is 0.231 e. The van der Waals surface area contributed by atoms with Crippen LogP contribution in [0.3, 0.4) is 0 Å². The van der Waals surface area contributed by atoms with E-state index in [-0.39, 0.29) is 24.4 Å². The summed E-state index contributed by atoms with van der Waals surface area (Å²) in [6, 6.07) is 2.42. The standard InChI is InChI=1S/C9H15N3O/c10-5-7-3-1-2-4-8(7)12-6-9(11)13/h7-8,12H,1-4,6H2,(H2,11,13). The SMILES string of the molecule is N#CC1CCCCC1NCC(N)=O. The fourth-order valence-electron chi connectivity index (χ4n) is 1.76. The summed E-state index contributed by atoms with van der Waals surface area (Å²) in [4.78, 5) is 10.5. The summed E-state index contributed by atoms with van der Waals surface area (Å²) in [6.07, 6.45) is 4.17. The number of primary amides is 1. The molecule has 1 amide bonds. The van der Waals surface area contributed by atoms with Crippen LogP contribution in [0.2, 0.25) is 0 Å². The van der Waals surface area contributed by atoms with Gasteiger partial charge >= 0.3 is 0 Å². The maximum atomic E-state index is 10.5. The predicted molar refractivity (Wildman–Crippen MR) is 48.6 cm³/mol. The van der Waals surface area contributed by atoms with E-state index < -0.39 is 0 Å². The molecule has 13 heavy (non-hydrogen) atoms. The quantitative estimate of drug-likeness (QED) is 0.650. The Balaban J connectivity index is 2.37. The second-order valence-corrected chi connectivity index (χ2v) is 3.47. The number of rotatable bonds is 3. The highest BCUT2D eigenvalue weighted by molar-refractivity contribution is 5.75. The highest BCUT2D eigenvalue weighted by Gasteiger charge is 2.24. The lowest BCUT2D eigenvalue weighted by Crippen LogP contribution is -2.42. The molecule has 0 aromatic heterocycles. The van der Waals surface area contributed by atoms with Gasteiger partial charge in [0.05, 0.1) is 18.5 Å². The van der Waals surface area contributed by atoms with Crippen molar-refractivity contribution in [3.05, 3.63) is 0 Å². The van der Waals surface area contributed by atoms with E-state index in [1.54, 1.807) is 0 Å². The lowest BCUT2D eigenvalue weighted by atomic mass is 9.85. The first-order valence-corrected chi connectivity index (χ1v) is 4.65. The number of carbonyl (C=O) groups excluding carboxylic acids is 1. The van der Waals surface area contributed by atoms with Crippen LogP contribution in [-0.2, 0) is 4.79 Å². The third kappa shape index (κ3) is 3.03. The predicted octanol–water partition coefficient (Wildman–Crippen LogP) is 0.144. The summed E-state index contributed by atoms with van der Waals surface area (Å²) >= 11 is 0. The van der Waals surface area contributed by atoms with Gasteiger partial charge < -0.3 is 11.1 Å². The second kappa shape index (κ2) is 4.83. The van der Waals surface area contributed by atoms with Crippen LogP contribution in [0.5, 0.6) is 0 Å². The summed E-state index contributed by atoms with van der Waals surface area (Å²) < 4.78 is 0. The van der Waals surface area contributed by atoms with Crippen LogP contribution in [0.15, 0.2) is 0 Å². The molecule has 2 atom stereocenters. The van der Waals surface area contributed by atoms with E-state index in [4.69, 9.17) is 11.0 Å². The van der Waals surface area contributed by atoms with Gasteiger partial charge in [0.2, 0.25) is 5.91 Å². The van der Waals surface area contributed by atoms with E-state index in [1.807, 2.05) is 0 Å². The van der Waals surface area contributed by atoms with Gasteiger partial charge in [0, 0.05) is 6.04 Å². The van der Waals surface area contributed by atoms with Gasteiger partial charge in [-0.15, -0.1) is 0 Å². The Hall–Kier alpha value is -1.08. The van der Waals surface area contributed by atoms with E-state index >= 15 is 0 Å². The molecule has 1 fully saturated rings. The first-order chi connectivity index (χ1) is 6.24. The molecule has 0 saturated heterocycles. The van der Waals surface area contributed by atoms with E-state index in [1.165, 1.54) is 0 Å². The molecule has 1 saturated carbocycles. The Morgan fingerprint density at radius 1 is 1.54 bits per heavy atom. The summed E-state index contributed by atoms with van der Waals surface area (Å²) in [5.74, 6) is -0.310. The first kappa shape index (κ1) is 10.0. The van der Waals surface area contributed by atoms with Gasteiger partial charge in [0.1, 0.15) is 0 Å². The Morgan fingerprint density at radius 2 is 2.23 bits per heavy atom. The third-order valence-corrected chi connectivity index (χ3v) is 2.47. The number of nitrogens with one attached hydrogen (secondary N) is 1. The van der Waals surface area contributed by atoms with Gasteiger partial charge in [0.15, 0.2) is 0 Å². The fourth-order valence-corrected chi connectivity index (χ4v) is 1.76. The summed E-state index contributed by atoms with van der Waals surface area (Å²) in [6.45, 7) is 0.183. The van der Waals surface area contributed by atoms with E-state index in [0.717, 1.165) is 25.7 Å². The minimum absolute atomic E-state index is 0.0492. The van der Waals surface area contributed by atoms with Crippen LogP contribution in [0.25, 0.3) is 0 Å². The van der Waals surface area contributed by atoms with Crippen molar-refractivity contribution in [2.75, 3.05) is 6.54 Å². The number of amides is 1. The van der Waals surface area contributed by atoms with Crippen molar-refractivity contribution in [1.29, 1.82) is 5.26 Å². The van der Waals surface area contributed by atoms with Crippen molar-refractivity contribution in [2.45, 2.75) is 31.7 Å². The molecule has 1 aliphatic rings. The zero-order valence-corrected chi connectivity index (χ0v) is 7.62. The van der Waals surface area contributed by atoms with Gasteiger partial charge in [-0.25, -0.2) is 0 Å². The van der Waals surface area contributed by atoms with E-state index in [9.17, 15) is 4.79 Å². The molecular formula is C9H15N3O. The Morgan fingerprint density at radius 3 is 2.85 bits per heavy atom. The van der Waals surface area contributed by atoms with Gasteiger partial charge in [-0.3, -0.25) is 4.79 Å². The summed E-state index contributed by atoms with van der Waals surface area (Å²) in [5.41, 5.74) is 5.01. The molecule has 4 nitrogen and oxygen atoms in total. The van der Waals surface area contributed by atoms with Crippen molar-refractivity contribution >= 4 is 5.91 Å². The topological polar surface area (TPSA) is 78.9 Å². The van der Waals surface area contributed by atoms with E-state index in [0.29, 0.717) is 0 Å². The van der Waals surface area contributed by atoms with E-state index in [2.05, 4.69) is 11.4 Å². The molecule has 0 radical (unpaired) electrons. The number of nitrogens with zero attached hydrogens (tertiary/aromatic N) is 1. The monoisotopic (exact) mass is 181 g/mol. The first-order valence-electron chi connectivity index (χ1n) is 4.65. The fraction of sp³-hybridized carbons (Fsp3) is 0.778. The minimum atomic E-state index is -0.359. The smallest absolute Gasteiger partial charge is 0.231 e. The van der Waals surface area contributed by atoms with Crippen molar-refractivity contribution in [3.63, 3.8) is 0 Å². The number of hydrogen-bond acceptors (Lipinski definition) is 3. The molecule has 0 spiro atoms. The third-order valence-electron chi connectivity index (χ3n) is 2.47. The molecule has 0 aliphatic heterocycles. The van der Waals surface area contributed by atoms with Crippen LogP contribution in [0.4, 0.5) is 0 Å². The number of carbonyl (C=O) groups is 1. The maximum absolute atomic E-state index is 10.5. The van der Waals surface area contributed by atoms with Gasteiger partial charge in [-0.05, 0) is 12.8 Å². The average molecular weight is 181 g/mol. The number of hydrogen-bond donors (Lipinski definition) is 2. The van der Waals surface area contributed by atoms with Crippen molar-refractivity contribution in [1.82, 2.24) is 5.32 Å². The summed E-state index contributed by atoms with van der Waals surface area (Å²) in [5, 5.41) is 11.8. The molecule has 2 unspecified atom stereocenters. The zero-order chi connectivity index (χ0) is 9.68. The highest BCUT2D eigenvalue weighted by atomic mass is 16.1. The van der Waals surface area contributed by atoms with Crippen molar-refractivity contribution in [3.8, 4) is 6.07 Å². The van der Waals surface area contributed by atoms with Gasteiger partial charge in [0.25, 0.3) is 0 Å². The van der Waals surface area contributed by atoms with Crippen LogP contribution in [0.1, 0.15) is 25.7 Å². The molecule has 0 aromatic carbocycles.